The third-order valence-electron chi connectivity index (χ3n) is 2.24. The second-order valence-corrected chi connectivity index (χ2v) is 4.81. The van der Waals surface area contributed by atoms with Crippen molar-refractivity contribution in [2.45, 2.75) is 12.5 Å². The van der Waals surface area contributed by atoms with Crippen LogP contribution in [0, 0.1) is 0 Å². The number of halogens is 2. The van der Waals surface area contributed by atoms with Gasteiger partial charge in [0.25, 0.3) is 0 Å². The van der Waals surface area contributed by atoms with Crippen molar-refractivity contribution in [3.63, 3.8) is 0 Å². The van der Waals surface area contributed by atoms with Gasteiger partial charge in [-0.3, -0.25) is 0 Å². The molecule has 1 aromatic rings. The summed E-state index contributed by atoms with van der Waals surface area (Å²) in [5.41, 5.74) is 0.507. The molecule has 0 saturated heterocycles. The fourth-order valence-corrected chi connectivity index (χ4v) is 1.96. The number of ether oxygens (including phenoxy) is 1. The van der Waals surface area contributed by atoms with Crippen LogP contribution in [-0.2, 0) is 4.74 Å². The summed E-state index contributed by atoms with van der Waals surface area (Å²) in [6.07, 6.45) is -0.177. The molecule has 19 heavy (non-hydrogen) atoms. The third kappa shape index (κ3) is 6.63. The molecule has 0 radical (unpaired) electrons. The fraction of sp³-hybridized carbons (Fsp3) is 0.417. The molecule has 0 aliphatic heterocycles. The summed E-state index contributed by atoms with van der Waals surface area (Å²) >= 11 is 11.6. The number of nitrogens with one attached hydrogen (secondary N) is 2. The van der Waals surface area contributed by atoms with Gasteiger partial charge < -0.3 is 20.5 Å². The Morgan fingerprint density at radius 3 is 2.58 bits per heavy atom. The first-order valence-corrected chi connectivity index (χ1v) is 6.45. The van der Waals surface area contributed by atoms with Crippen molar-refractivity contribution in [2.24, 2.45) is 0 Å². The Hall–Kier alpha value is -1.01. The van der Waals surface area contributed by atoms with Gasteiger partial charge in [-0.05, 0) is 24.6 Å². The number of carbonyl (C=O) groups excluding carboxylic acids is 1. The quantitative estimate of drug-likeness (QED) is 0.756. The zero-order valence-corrected chi connectivity index (χ0v) is 12.0. The second kappa shape index (κ2) is 8.22. The predicted molar refractivity (Wildman–Crippen MR) is 76.0 cm³/mol. The minimum Gasteiger partial charge on any atom is -0.391 e. The van der Waals surface area contributed by atoms with Crippen LogP contribution in [0.1, 0.15) is 6.42 Å². The molecular formula is C12H16Cl2N2O3. The van der Waals surface area contributed by atoms with Crippen molar-refractivity contribution in [1.82, 2.24) is 5.32 Å². The van der Waals surface area contributed by atoms with Gasteiger partial charge in [0, 0.05) is 29.4 Å². The lowest BCUT2D eigenvalue weighted by atomic mass is 10.3. The Morgan fingerprint density at radius 1 is 1.37 bits per heavy atom. The van der Waals surface area contributed by atoms with Crippen molar-refractivity contribution in [3.05, 3.63) is 28.2 Å². The van der Waals surface area contributed by atoms with Crippen molar-refractivity contribution in [2.75, 3.05) is 25.6 Å². The van der Waals surface area contributed by atoms with E-state index in [4.69, 9.17) is 27.9 Å². The monoisotopic (exact) mass is 306 g/mol. The van der Waals surface area contributed by atoms with Crippen molar-refractivity contribution >= 4 is 34.9 Å². The van der Waals surface area contributed by atoms with Crippen molar-refractivity contribution in [1.29, 1.82) is 0 Å². The smallest absolute Gasteiger partial charge is 0.319 e. The van der Waals surface area contributed by atoms with Crippen LogP contribution in [0.15, 0.2) is 18.2 Å². The molecule has 2 amide bonds. The molecule has 0 aliphatic carbocycles. The Morgan fingerprint density at radius 2 is 2.00 bits per heavy atom. The number of aliphatic hydroxyl groups is 1. The van der Waals surface area contributed by atoms with E-state index in [1.165, 1.54) is 7.11 Å². The van der Waals surface area contributed by atoms with Crippen molar-refractivity contribution in [3.8, 4) is 0 Å². The first-order chi connectivity index (χ1) is 9.01. The molecule has 5 nitrogen and oxygen atoms in total. The number of methoxy groups -OCH3 is 1. The van der Waals surface area contributed by atoms with Crippen molar-refractivity contribution < 1.29 is 14.6 Å². The SMILES string of the molecule is COCC(O)CCNC(=O)Nc1cc(Cl)cc(Cl)c1. The lowest BCUT2D eigenvalue weighted by molar-refractivity contribution is 0.0599. The maximum absolute atomic E-state index is 11.6. The zero-order valence-electron chi connectivity index (χ0n) is 10.5. The van der Waals surface area contributed by atoms with Gasteiger partial charge in [0.05, 0.1) is 12.7 Å². The van der Waals surface area contributed by atoms with Gasteiger partial charge in [0.15, 0.2) is 0 Å². The summed E-state index contributed by atoms with van der Waals surface area (Å²) in [7, 11) is 1.51. The van der Waals surface area contributed by atoms with Gasteiger partial charge in [-0.2, -0.15) is 0 Å². The van der Waals surface area contributed by atoms with E-state index < -0.39 is 6.10 Å². The number of benzene rings is 1. The summed E-state index contributed by atoms with van der Waals surface area (Å²) in [6.45, 7) is 0.581. The molecule has 1 aromatic carbocycles. The van der Waals surface area contributed by atoms with E-state index in [-0.39, 0.29) is 12.6 Å². The molecule has 0 aliphatic rings. The predicted octanol–water partition coefficient (Wildman–Crippen LogP) is 2.51. The number of hydrogen-bond donors (Lipinski definition) is 3. The van der Waals surface area contributed by atoms with Crippen LogP contribution in [-0.4, -0.2) is 37.5 Å². The topological polar surface area (TPSA) is 70.6 Å². The number of anilines is 1. The number of aliphatic hydroxyl groups excluding tert-OH is 1. The number of hydrogen-bond acceptors (Lipinski definition) is 3. The van der Waals surface area contributed by atoms with Crippen LogP contribution in [0.2, 0.25) is 10.0 Å². The third-order valence-corrected chi connectivity index (χ3v) is 2.68. The average molecular weight is 307 g/mol. The van der Waals surface area contributed by atoms with Crippen LogP contribution < -0.4 is 10.6 Å². The van der Waals surface area contributed by atoms with Crippen LogP contribution in [0.5, 0.6) is 0 Å². The Labute approximate surface area is 121 Å². The van der Waals surface area contributed by atoms with Gasteiger partial charge >= 0.3 is 6.03 Å². The molecule has 0 bridgehead atoms. The van der Waals surface area contributed by atoms with E-state index in [2.05, 4.69) is 10.6 Å². The van der Waals surface area contributed by atoms with E-state index in [9.17, 15) is 9.90 Å². The highest BCUT2D eigenvalue weighted by Gasteiger charge is 2.06. The minimum absolute atomic E-state index is 0.243. The lowest BCUT2D eigenvalue weighted by Gasteiger charge is -2.11. The molecule has 1 rings (SSSR count). The van der Waals surface area contributed by atoms with E-state index in [1.54, 1.807) is 18.2 Å². The van der Waals surface area contributed by atoms with Gasteiger partial charge in [-0.1, -0.05) is 23.2 Å². The Kier molecular flexibility index (Phi) is 6.94. The second-order valence-electron chi connectivity index (χ2n) is 3.94. The zero-order chi connectivity index (χ0) is 14.3. The Bertz CT molecular complexity index is 409. The Balaban J connectivity index is 2.35. The minimum atomic E-state index is -0.592. The van der Waals surface area contributed by atoms with Crippen LogP contribution in [0.3, 0.4) is 0 Å². The maximum Gasteiger partial charge on any atom is 0.319 e. The number of carbonyl (C=O) groups is 1. The molecular weight excluding hydrogens is 291 g/mol. The van der Waals surface area contributed by atoms with Gasteiger partial charge in [-0.25, -0.2) is 4.79 Å². The highest BCUT2D eigenvalue weighted by Crippen LogP contribution is 2.22. The summed E-state index contributed by atoms with van der Waals surface area (Å²) in [6, 6.07) is 4.37. The molecule has 7 heteroatoms. The highest BCUT2D eigenvalue weighted by atomic mass is 35.5. The lowest BCUT2D eigenvalue weighted by Crippen LogP contribution is -2.32. The number of amides is 2. The van der Waals surface area contributed by atoms with E-state index >= 15 is 0 Å². The molecule has 0 aromatic heterocycles. The molecule has 0 heterocycles. The summed E-state index contributed by atoms with van der Waals surface area (Å²) in [5.74, 6) is 0. The molecule has 0 saturated carbocycles. The van der Waals surface area contributed by atoms with Crippen LogP contribution in [0.4, 0.5) is 10.5 Å². The largest absolute Gasteiger partial charge is 0.391 e. The first kappa shape index (κ1) is 16.0. The highest BCUT2D eigenvalue weighted by molar-refractivity contribution is 6.35. The van der Waals surface area contributed by atoms with Crippen LogP contribution in [0.25, 0.3) is 0 Å². The molecule has 3 N–H and O–H groups in total. The fourth-order valence-electron chi connectivity index (χ4n) is 1.43. The van der Waals surface area contributed by atoms with Crippen LogP contribution >= 0.6 is 23.2 Å². The number of urea groups is 1. The van der Waals surface area contributed by atoms with E-state index in [0.29, 0.717) is 28.7 Å². The molecule has 1 unspecified atom stereocenters. The van der Waals surface area contributed by atoms with E-state index in [1.807, 2.05) is 0 Å². The normalized spacial score (nSPS) is 12.0. The summed E-state index contributed by atoms with van der Waals surface area (Å²) in [5, 5.41) is 15.5. The van der Waals surface area contributed by atoms with Gasteiger partial charge in [0.1, 0.15) is 0 Å². The molecule has 0 spiro atoms. The molecule has 0 fully saturated rings. The average Bonchev–Trinajstić information content (AvgIpc) is 2.27. The maximum atomic E-state index is 11.6. The number of rotatable bonds is 6. The molecule has 106 valence electrons. The molecule has 1 atom stereocenters. The standard InChI is InChI=1S/C12H16Cl2N2O3/c1-19-7-11(17)2-3-15-12(18)16-10-5-8(13)4-9(14)6-10/h4-6,11,17H,2-3,7H2,1H3,(H2,15,16,18). The first-order valence-electron chi connectivity index (χ1n) is 5.69. The van der Waals surface area contributed by atoms with Gasteiger partial charge in [0.2, 0.25) is 0 Å². The van der Waals surface area contributed by atoms with Gasteiger partial charge in [-0.15, -0.1) is 0 Å². The summed E-state index contributed by atoms with van der Waals surface area (Å²) < 4.78 is 4.78. The summed E-state index contributed by atoms with van der Waals surface area (Å²) in [4.78, 5) is 11.6. The van der Waals surface area contributed by atoms with E-state index in [0.717, 1.165) is 0 Å².